The average Bonchev–Trinajstić information content (AvgIpc) is 2.46. The van der Waals surface area contributed by atoms with Crippen LogP contribution in [0.3, 0.4) is 0 Å². The minimum absolute atomic E-state index is 0.314. The first-order chi connectivity index (χ1) is 10.6. The van der Waals surface area contributed by atoms with E-state index in [0.717, 1.165) is 30.2 Å². The molecule has 1 aromatic carbocycles. The maximum Gasteiger partial charge on any atom is 0.225 e. The molecule has 2 aromatic rings. The summed E-state index contributed by atoms with van der Waals surface area (Å²) in [5, 5.41) is 6.58. The van der Waals surface area contributed by atoms with Crippen molar-refractivity contribution < 1.29 is 4.74 Å². The Hall–Kier alpha value is -2.30. The van der Waals surface area contributed by atoms with E-state index in [1.807, 2.05) is 25.1 Å². The summed E-state index contributed by atoms with van der Waals surface area (Å²) in [6.07, 6.45) is 0.931. The van der Waals surface area contributed by atoms with Crippen LogP contribution < -0.4 is 15.4 Å². The monoisotopic (exact) mass is 300 g/mol. The van der Waals surface area contributed by atoms with Gasteiger partial charge < -0.3 is 15.4 Å². The lowest BCUT2D eigenvalue weighted by molar-refractivity contribution is 0.414. The molecule has 5 heteroatoms. The van der Waals surface area contributed by atoms with Gasteiger partial charge in [0.05, 0.1) is 7.11 Å². The fourth-order valence-electron chi connectivity index (χ4n) is 2.11. The van der Waals surface area contributed by atoms with Crippen molar-refractivity contribution in [2.45, 2.75) is 33.2 Å². The topological polar surface area (TPSA) is 59.1 Å². The smallest absolute Gasteiger partial charge is 0.225 e. The summed E-state index contributed by atoms with van der Waals surface area (Å²) < 4.78 is 5.16. The van der Waals surface area contributed by atoms with Crippen molar-refractivity contribution in [3.05, 3.63) is 41.6 Å². The van der Waals surface area contributed by atoms with Crippen molar-refractivity contribution in [3.63, 3.8) is 0 Å². The maximum atomic E-state index is 5.16. The van der Waals surface area contributed by atoms with Gasteiger partial charge in [0.1, 0.15) is 11.6 Å². The maximum absolute atomic E-state index is 5.16. The Balaban J connectivity index is 1.91. The molecule has 0 amide bonds. The van der Waals surface area contributed by atoms with Crippen molar-refractivity contribution >= 4 is 11.8 Å². The number of aryl methyl sites for hydroxylation is 1. The molecule has 118 valence electrons. The highest BCUT2D eigenvalue weighted by Crippen LogP contribution is 2.13. The predicted octanol–water partition coefficient (Wildman–Crippen LogP) is 3.27. The van der Waals surface area contributed by atoms with Gasteiger partial charge in [-0.1, -0.05) is 12.1 Å². The minimum Gasteiger partial charge on any atom is -0.497 e. The Bertz CT molecular complexity index is 596. The van der Waals surface area contributed by atoms with Gasteiger partial charge in [0, 0.05) is 24.3 Å². The third-order valence-electron chi connectivity index (χ3n) is 3.15. The van der Waals surface area contributed by atoms with Gasteiger partial charge in [-0.2, -0.15) is 4.98 Å². The molecule has 22 heavy (non-hydrogen) atoms. The summed E-state index contributed by atoms with van der Waals surface area (Å²) in [5.41, 5.74) is 2.21. The lowest BCUT2D eigenvalue weighted by Crippen LogP contribution is -2.14. The third kappa shape index (κ3) is 4.91. The first-order valence-electron chi connectivity index (χ1n) is 7.56. The highest BCUT2D eigenvalue weighted by atomic mass is 16.5. The zero-order valence-electron chi connectivity index (χ0n) is 13.7. The third-order valence-corrected chi connectivity index (χ3v) is 3.15. The number of aromatic nitrogens is 2. The first-order valence-corrected chi connectivity index (χ1v) is 7.56. The Morgan fingerprint density at radius 3 is 2.50 bits per heavy atom. The normalized spacial score (nSPS) is 10.6. The summed E-state index contributed by atoms with van der Waals surface area (Å²) in [6.45, 7) is 6.94. The van der Waals surface area contributed by atoms with Gasteiger partial charge in [0.25, 0.3) is 0 Å². The summed E-state index contributed by atoms with van der Waals surface area (Å²) in [7, 11) is 1.68. The van der Waals surface area contributed by atoms with Crippen LogP contribution >= 0.6 is 0 Å². The second kappa shape index (κ2) is 7.64. The van der Waals surface area contributed by atoms with Crippen LogP contribution in [-0.4, -0.2) is 29.7 Å². The fraction of sp³-hybridized carbons (Fsp3) is 0.412. The standard InChI is InChI=1S/C17H24N4O/c1-12(2)19-17-20-13(3)11-16(21-17)18-10-9-14-5-7-15(22-4)8-6-14/h5-8,11-12H,9-10H2,1-4H3,(H2,18,19,20,21). The van der Waals surface area contributed by atoms with Gasteiger partial charge in [-0.25, -0.2) is 4.98 Å². The van der Waals surface area contributed by atoms with Gasteiger partial charge in [-0.3, -0.25) is 0 Å². The van der Waals surface area contributed by atoms with Crippen molar-refractivity contribution in [1.29, 1.82) is 0 Å². The molecule has 0 aliphatic rings. The molecule has 0 bridgehead atoms. The predicted molar refractivity (Wildman–Crippen MR) is 90.7 cm³/mol. The molecule has 0 unspecified atom stereocenters. The van der Waals surface area contributed by atoms with E-state index >= 15 is 0 Å². The lowest BCUT2D eigenvalue weighted by Gasteiger charge is -2.12. The Morgan fingerprint density at radius 1 is 1.14 bits per heavy atom. The summed E-state index contributed by atoms with van der Waals surface area (Å²) in [4.78, 5) is 8.86. The quantitative estimate of drug-likeness (QED) is 0.822. The molecule has 2 rings (SSSR count). The molecule has 0 aliphatic carbocycles. The Morgan fingerprint density at radius 2 is 1.86 bits per heavy atom. The molecule has 1 aromatic heterocycles. The van der Waals surface area contributed by atoms with Gasteiger partial charge in [0.2, 0.25) is 5.95 Å². The van der Waals surface area contributed by atoms with Crippen LogP contribution in [0.1, 0.15) is 25.1 Å². The second-order valence-corrected chi connectivity index (χ2v) is 5.54. The van der Waals surface area contributed by atoms with Crippen LogP contribution in [0, 0.1) is 6.92 Å². The highest BCUT2D eigenvalue weighted by Gasteiger charge is 2.03. The van der Waals surface area contributed by atoms with E-state index in [9.17, 15) is 0 Å². The molecule has 0 radical (unpaired) electrons. The highest BCUT2D eigenvalue weighted by molar-refractivity contribution is 5.42. The molecule has 0 aliphatic heterocycles. The fourth-order valence-corrected chi connectivity index (χ4v) is 2.11. The van der Waals surface area contributed by atoms with Crippen molar-refractivity contribution in [2.75, 3.05) is 24.3 Å². The van der Waals surface area contributed by atoms with Crippen LogP contribution in [0.4, 0.5) is 11.8 Å². The number of benzene rings is 1. The number of anilines is 2. The average molecular weight is 300 g/mol. The van der Waals surface area contributed by atoms with Crippen LogP contribution in [0.25, 0.3) is 0 Å². The number of nitrogens with one attached hydrogen (secondary N) is 2. The largest absolute Gasteiger partial charge is 0.497 e. The van der Waals surface area contributed by atoms with E-state index in [1.54, 1.807) is 7.11 Å². The van der Waals surface area contributed by atoms with Gasteiger partial charge in [0.15, 0.2) is 0 Å². The van der Waals surface area contributed by atoms with E-state index in [1.165, 1.54) is 5.56 Å². The number of nitrogens with zero attached hydrogens (tertiary/aromatic N) is 2. The molecule has 1 heterocycles. The molecule has 5 nitrogen and oxygen atoms in total. The Kier molecular flexibility index (Phi) is 5.58. The van der Waals surface area contributed by atoms with Crippen LogP contribution in [0.5, 0.6) is 5.75 Å². The molecule has 0 fully saturated rings. The number of hydrogen-bond donors (Lipinski definition) is 2. The molecule has 0 atom stereocenters. The minimum atomic E-state index is 0.314. The summed E-state index contributed by atoms with van der Waals surface area (Å²) in [6, 6.07) is 10.4. The van der Waals surface area contributed by atoms with Gasteiger partial charge in [-0.15, -0.1) is 0 Å². The van der Waals surface area contributed by atoms with Crippen LogP contribution in [0.15, 0.2) is 30.3 Å². The number of ether oxygens (including phenoxy) is 1. The second-order valence-electron chi connectivity index (χ2n) is 5.54. The molecular formula is C17H24N4O. The van der Waals surface area contributed by atoms with Crippen LogP contribution in [-0.2, 0) is 6.42 Å². The zero-order chi connectivity index (χ0) is 15.9. The van der Waals surface area contributed by atoms with Crippen molar-refractivity contribution in [3.8, 4) is 5.75 Å². The van der Waals surface area contributed by atoms with E-state index in [-0.39, 0.29) is 0 Å². The summed E-state index contributed by atoms with van der Waals surface area (Å²) >= 11 is 0. The van der Waals surface area contributed by atoms with Gasteiger partial charge >= 0.3 is 0 Å². The first kappa shape index (κ1) is 16.1. The summed E-state index contributed by atoms with van der Waals surface area (Å²) in [5.74, 6) is 2.40. The number of methoxy groups -OCH3 is 1. The number of hydrogen-bond acceptors (Lipinski definition) is 5. The molecule has 2 N–H and O–H groups in total. The zero-order valence-corrected chi connectivity index (χ0v) is 13.7. The van der Waals surface area contributed by atoms with E-state index < -0.39 is 0 Å². The molecule has 0 spiro atoms. The van der Waals surface area contributed by atoms with Crippen LogP contribution in [0.2, 0.25) is 0 Å². The molecule has 0 saturated carbocycles. The molecule has 0 saturated heterocycles. The van der Waals surface area contributed by atoms with E-state index in [4.69, 9.17) is 4.74 Å². The SMILES string of the molecule is COc1ccc(CCNc2cc(C)nc(NC(C)C)n2)cc1. The van der Waals surface area contributed by atoms with Crippen molar-refractivity contribution in [2.24, 2.45) is 0 Å². The Labute approximate surface area is 132 Å². The van der Waals surface area contributed by atoms with E-state index in [2.05, 4.69) is 46.6 Å². The number of rotatable bonds is 7. The van der Waals surface area contributed by atoms with Crippen molar-refractivity contribution in [1.82, 2.24) is 9.97 Å². The van der Waals surface area contributed by atoms with Gasteiger partial charge in [-0.05, 0) is 44.9 Å². The molecular weight excluding hydrogens is 276 g/mol. The lowest BCUT2D eigenvalue weighted by atomic mass is 10.1. The van der Waals surface area contributed by atoms with E-state index in [0.29, 0.717) is 12.0 Å².